The molecule has 0 bridgehead atoms. The Morgan fingerprint density at radius 3 is 2.47 bits per heavy atom. The number of rotatable bonds is 3. The zero-order chi connectivity index (χ0) is 13.8. The molecule has 7 heteroatoms. The predicted molar refractivity (Wildman–Crippen MR) is 68.7 cm³/mol. The molecule has 0 saturated heterocycles. The van der Waals surface area contributed by atoms with Gasteiger partial charge in [-0.3, -0.25) is 14.8 Å². The van der Waals surface area contributed by atoms with E-state index in [-0.39, 0.29) is 11.4 Å². The number of nitrogens with zero attached hydrogens (tertiary/aromatic N) is 1. The Kier molecular flexibility index (Phi) is 3.34. The van der Waals surface area contributed by atoms with Gasteiger partial charge in [0.15, 0.2) is 5.56 Å². The number of hydrogen-bond acceptors (Lipinski definition) is 5. The van der Waals surface area contributed by atoms with Crippen LogP contribution in [0, 0.1) is 11.3 Å². The van der Waals surface area contributed by atoms with Gasteiger partial charge in [-0.15, -0.1) is 0 Å². The van der Waals surface area contributed by atoms with E-state index in [1.165, 1.54) is 0 Å². The van der Waals surface area contributed by atoms with Crippen molar-refractivity contribution < 1.29 is 4.74 Å². The molecule has 0 aliphatic carbocycles. The van der Waals surface area contributed by atoms with Crippen LogP contribution in [-0.2, 0) is 0 Å². The van der Waals surface area contributed by atoms with Gasteiger partial charge in [0.2, 0.25) is 0 Å². The van der Waals surface area contributed by atoms with E-state index in [2.05, 4.69) is 10.3 Å². The summed E-state index contributed by atoms with van der Waals surface area (Å²) >= 11 is 0. The first kappa shape index (κ1) is 12.4. The average molecular weight is 258 g/mol. The van der Waals surface area contributed by atoms with E-state index in [9.17, 15) is 9.59 Å². The lowest BCUT2D eigenvalue weighted by molar-refractivity contribution is 0.415. The molecule has 1 heterocycles. The highest BCUT2D eigenvalue weighted by molar-refractivity contribution is 5.62. The maximum absolute atomic E-state index is 11.4. The Labute approximate surface area is 107 Å². The lowest BCUT2D eigenvalue weighted by Crippen LogP contribution is -2.25. The smallest absolute Gasteiger partial charge is 0.327 e. The zero-order valence-corrected chi connectivity index (χ0v) is 9.98. The van der Waals surface area contributed by atoms with Gasteiger partial charge in [-0.2, -0.15) is 5.26 Å². The minimum Gasteiger partial charge on any atom is -0.497 e. The van der Waals surface area contributed by atoms with Gasteiger partial charge in [-0.1, -0.05) is 0 Å². The zero-order valence-electron chi connectivity index (χ0n) is 9.98. The summed E-state index contributed by atoms with van der Waals surface area (Å²) in [5, 5.41) is 11.7. The van der Waals surface area contributed by atoms with Crippen molar-refractivity contribution in [3.05, 3.63) is 50.7 Å². The van der Waals surface area contributed by atoms with Crippen LogP contribution >= 0.6 is 0 Å². The summed E-state index contributed by atoms with van der Waals surface area (Å²) < 4.78 is 5.01. The summed E-state index contributed by atoms with van der Waals surface area (Å²) in [6, 6.07) is 8.54. The number of aromatic nitrogens is 2. The van der Waals surface area contributed by atoms with Crippen LogP contribution in [0.4, 0.5) is 11.5 Å². The number of methoxy groups -OCH3 is 1. The highest BCUT2D eigenvalue weighted by atomic mass is 16.5. The Balaban J connectivity index is 2.40. The molecule has 0 atom stereocenters. The maximum Gasteiger partial charge on any atom is 0.327 e. The van der Waals surface area contributed by atoms with E-state index in [0.717, 1.165) is 0 Å². The second-order valence-corrected chi connectivity index (χ2v) is 3.62. The molecule has 2 rings (SSSR count). The lowest BCUT2D eigenvalue weighted by atomic mass is 10.2. The Morgan fingerprint density at radius 1 is 1.21 bits per heavy atom. The molecule has 1 aromatic carbocycles. The molecular formula is C12H10N4O3. The van der Waals surface area contributed by atoms with Gasteiger partial charge in [-0.05, 0) is 24.3 Å². The molecule has 0 radical (unpaired) electrons. The van der Waals surface area contributed by atoms with Gasteiger partial charge in [0.1, 0.15) is 17.6 Å². The fraction of sp³-hybridized carbons (Fsp3) is 0.0833. The largest absolute Gasteiger partial charge is 0.497 e. The minimum atomic E-state index is -0.734. The van der Waals surface area contributed by atoms with Gasteiger partial charge in [0.05, 0.1) is 7.11 Å². The molecule has 0 fully saturated rings. The Bertz CT molecular complexity index is 737. The number of aromatic amines is 2. The number of nitriles is 1. The summed E-state index contributed by atoms with van der Waals surface area (Å²) in [4.78, 5) is 27.0. The molecule has 0 aliphatic rings. The van der Waals surface area contributed by atoms with Crippen molar-refractivity contribution in [2.45, 2.75) is 0 Å². The Hall–Kier alpha value is -3.01. The average Bonchev–Trinajstić information content (AvgIpc) is 2.39. The highest BCUT2D eigenvalue weighted by Gasteiger charge is 2.08. The predicted octanol–water partition coefficient (Wildman–Crippen LogP) is 0.687. The van der Waals surface area contributed by atoms with Crippen molar-refractivity contribution in [1.82, 2.24) is 9.97 Å². The van der Waals surface area contributed by atoms with E-state index in [1.54, 1.807) is 37.4 Å². The fourth-order valence-corrected chi connectivity index (χ4v) is 1.51. The van der Waals surface area contributed by atoms with E-state index < -0.39 is 11.2 Å². The Morgan fingerprint density at radius 2 is 1.89 bits per heavy atom. The molecule has 0 unspecified atom stereocenters. The summed E-state index contributed by atoms with van der Waals surface area (Å²) in [6.07, 6.45) is 0. The van der Waals surface area contributed by atoms with E-state index in [4.69, 9.17) is 10.00 Å². The molecule has 7 nitrogen and oxygen atoms in total. The van der Waals surface area contributed by atoms with Crippen molar-refractivity contribution in [1.29, 1.82) is 5.26 Å². The first-order valence-corrected chi connectivity index (χ1v) is 5.32. The van der Waals surface area contributed by atoms with Crippen LogP contribution in [-0.4, -0.2) is 17.1 Å². The molecule has 96 valence electrons. The number of anilines is 2. The lowest BCUT2D eigenvalue weighted by Gasteiger charge is -2.07. The quantitative estimate of drug-likeness (QED) is 0.750. The van der Waals surface area contributed by atoms with E-state index >= 15 is 0 Å². The van der Waals surface area contributed by atoms with Crippen molar-refractivity contribution in [2.24, 2.45) is 0 Å². The molecular weight excluding hydrogens is 248 g/mol. The second-order valence-electron chi connectivity index (χ2n) is 3.62. The van der Waals surface area contributed by atoms with Crippen LogP contribution in [0.2, 0.25) is 0 Å². The molecule has 1 aromatic heterocycles. The van der Waals surface area contributed by atoms with Crippen LogP contribution in [0.5, 0.6) is 5.75 Å². The number of nitrogens with one attached hydrogen (secondary N) is 3. The standard InChI is InChI=1S/C12H10N4O3/c1-19-8-4-2-7(3-5-8)14-10-9(6-13)11(17)16-12(18)15-10/h2-5H,1H3,(H3,14,15,16,17,18). The number of H-pyrrole nitrogens is 2. The normalized spacial score (nSPS) is 9.68. The van der Waals surface area contributed by atoms with Crippen molar-refractivity contribution in [3.63, 3.8) is 0 Å². The summed E-state index contributed by atoms with van der Waals surface area (Å²) in [5.74, 6) is 0.729. The summed E-state index contributed by atoms with van der Waals surface area (Å²) in [5.41, 5.74) is -0.990. The van der Waals surface area contributed by atoms with E-state index in [1.807, 2.05) is 4.98 Å². The van der Waals surface area contributed by atoms with Crippen molar-refractivity contribution in [3.8, 4) is 11.8 Å². The SMILES string of the molecule is COc1ccc(Nc2[nH]c(=O)[nH]c(=O)c2C#N)cc1. The van der Waals surface area contributed by atoms with Crippen molar-refractivity contribution in [2.75, 3.05) is 12.4 Å². The number of ether oxygens (including phenoxy) is 1. The van der Waals surface area contributed by atoms with E-state index in [0.29, 0.717) is 11.4 Å². The number of hydrogen-bond donors (Lipinski definition) is 3. The van der Waals surface area contributed by atoms with Gasteiger partial charge in [0, 0.05) is 5.69 Å². The highest BCUT2D eigenvalue weighted by Crippen LogP contribution is 2.18. The topological polar surface area (TPSA) is 111 Å². The molecule has 0 saturated carbocycles. The third-order valence-electron chi connectivity index (χ3n) is 2.41. The molecule has 0 aliphatic heterocycles. The van der Waals surface area contributed by atoms with Crippen molar-refractivity contribution >= 4 is 11.5 Å². The van der Waals surface area contributed by atoms with Gasteiger partial charge in [-0.25, -0.2) is 4.79 Å². The van der Waals surface area contributed by atoms with Crippen LogP contribution in [0.3, 0.4) is 0 Å². The summed E-state index contributed by atoms with van der Waals surface area (Å²) in [6.45, 7) is 0. The minimum absolute atomic E-state index is 0.0569. The first-order valence-electron chi connectivity index (χ1n) is 5.32. The monoisotopic (exact) mass is 258 g/mol. The van der Waals surface area contributed by atoms with Gasteiger partial charge in [0.25, 0.3) is 5.56 Å². The van der Waals surface area contributed by atoms with Crippen LogP contribution < -0.4 is 21.3 Å². The molecule has 0 amide bonds. The molecule has 2 aromatic rings. The summed E-state index contributed by atoms with van der Waals surface area (Å²) in [7, 11) is 1.55. The van der Waals surface area contributed by atoms with Crippen LogP contribution in [0.1, 0.15) is 5.56 Å². The third-order valence-corrected chi connectivity index (χ3v) is 2.41. The molecule has 0 spiro atoms. The fourth-order valence-electron chi connectivity index (χ4n) is 1.51. The first-order chi connectivity index (χ1) is 9.13. The number of benzene rings is 1. The molecule has 3 N–H and O–H groups in total. The van der Waals surface area contributed by atoms with Gasteiger partial charge >= 0.3 is 5.69 Å². The van der Waals surface area contributed by atoms with Gasteiger partial charge < -0.3 is 10.1 Å². The van der Waals surface area contributed by atoms with Crippen LogP contribution in [0.15, 0.2) is 33.9 Å². The second kappa shape index (κ2) is 5.10. The third kappa shape index (κ3) is 2.63. The van der Waals surface area contributed by atoms with Crippen LogP contribution in [0.25, 0.3) is 0 Å². The molecule has 19 heavy (non-hydrogen) atoms. The maximum atomic E-state index is 11.4.